The van der Waals surface area contributed by atoms with Gasteiger partial charge in [-0.15, -0.1) is 0 Å². The Morgan fingerprint density at radius 1 is 0.900 bits per heavy atom. The number of carbonyl (C=O) groups is 1. The third-order valence-electron chi connectivity index (χ3n) is 10.1. The van der Waals surface area contributed by atoms with Gasteiger partial charge >= 0.3 is 0 Å². The summed E-state index contributed by atoms with van der Waals surface area (Å²) in [5.74, 6) is 0.990. The van der Waals surface area contributed by atoms with Crippen LogP contribution >= 0.6 is 0 Å². The van der Waals surface area contributed by atoms with Gasteiger partial charge in [-0.3, -0.25) is 4.79 Å². The summed E-state index contributed by atoms with van der Waals surface area (Å²) in [6, 6.07) is 0. The van der Waals surface area contributed by atoms with Gasteiger partial charge in [-0.05, 0) is 55.3 Å². The molecule has 2 aliphatic heterocycles. The molecule has 2 saturated heterocycles. The first kappa shape index (κ1) is 19.9. The van der Waals surface area contributed by atoms with Gasteiger partial charge in [0.15, 0.2) is 11.6 Å². The predicted octanol–water partition coefficient (Wildman–Crippen LogP) is 4.25. The van der Waals surface area contributed by atoms with Gasteiger partial charge in [0, 0.05) is 31.1 Å². The quantitative estimate of drug-likeness (QED) is 0.598. The van der Waals surface area contributed by atoms with Gasteiger partial charge in [-0.2, -0.15) is 0 Å². The fourth-order valence-corrected chi connectivity index (χ4v) is 8.77. The maximum Gasteiger partial charge on any atom is 0.172 e. The second-order valence-electron chi connectivity index (χ2n) is 11.4. The first-order valence-corrected chi connectivity index (χ1v) is 12.1. The van der Waals surface area contributed by atoms with Crippen LogP contribution in [0.3, 0.4) is 0 Å². The topological polar surface area (TPSA) is 54.0 Å². The fraction of sp³-hybridized carbons (Fsp3) is 0.880. The van der Waals surface area contributed by atoms with E-state index in [0.29, 0.717) is 56.4 Å². The van der Waals surface area contributed by atoms with Crippen LogP contribution in [0.5, 0.6) is 0 Å². The normalized spacial score (nSPS) is 48.9. The average Bonchev–Trinajstić information content (AvgIpc) is 3.41. The van der Waals surface area contributed by atoms with E-state index in [4.69, 9.17) is 18.9 Å². The van der Waals surface area contributed by atoms with Gasteiger partial charge in [0.2, 0.25) is 0 Å². The lowest BCUT2D eigenvalue weighted by atomic mass is 9.46. The molecule has 0 aromatic rings. The molecule has 4 aliphatic carbocycles. The highest BCUT2D eigenvalue weighted by Crippen LogP contribution is 2.67. The second kappa shape index (κ2) is 6.40. The molecular formula is C25H36O5. The molecule has 30 heavy (non-hydrogen) atoms. The summed E-state index contributed by atoms with van der Waals surface area (Å²) in [5, 5.41) is 0. The monoisotopic (exact) mass is 416 g/mol. The summed E-state index contributed by atoms with van der Waals surface area (Å²) in [6.07, 6.45) is 9.17. The van der Waals surface area contributed by atoms with E-state index < -0.39 is 11.6 Å². The van der Waals surface area contributed by atoms with E-state index in [1.165, 1.54) is 12.0 Å². The first-order valence-electron chi connectivity index (χ1n) is 12.1. The second-order valence-corrected chi connectivity index (χ2v) is 11.4. The minimum atomic E-state index is -0.523. The van der Waals surface area contributed by atoms with Crippen LogP contribution in [0.1, 0.15) is 65.7 Å². The van der Waals surface area contributed by atoms with Crippen molar-refractivity contribution < 1.29 is 23.7 Å². The Labute approximate surface area is 179 Å². The number of Topliss-reactive ketones (excluding diaryl/α,β-unsaturated/α-hetero) is 1. The summed E-state index contributed by atoms with van der Waals surface area (Å²) in [4.78, 5) is 13.8. The maximum absolute atomic E-state index is 13.8. The molecule has 2 heterocycles. The number of rotatable bonds is 1. The van der Waals surface area contributed by atoms with Gasteiger partial charge in [0.1, 0.15) is 5.78 Å². The molecule has 0 radical (unpaired) electrons. The summed E-state index contributed by atoms with van der Waals surface area (Å²) >= 11 is 0. The average molecular weight is 417 g/mol. The molecule has 0 unspecified atom stereocenters. The van der Waals surface area contributed by atoms with Crippen molar-refractivity contribution in [3.8, 4) is 0 Å². The van der Waals surface area contributed by atoms with Gasteiger partial charge in [-0.1, -0.05) is 25.5 Å². The van der Waals surface area contributed by atoms with E-state index >= 15 is 0 Å². The third kappa shape index (κ3) is 2.52. The number of carbonyl (C=O) groups excluding carboxylic acids is 1. The van der Waals surface area contributed by atoms with Crippen molar-refractivity contribution in [1.29, 1.82) is 0 Å². The lowest BCUT2D eigenvalue weighted by Gasteiger charge is -2.58. The Morgan fingerprint density at radius 2 is 1.60 bits per heavy atom. The highest BCUT2D eigenvalue weighted by Gasteiger charge is 2.66. The van der Waals surface area contributed by atoms with Crippen LogP contribution in [0, 0.1) is 34.5 Å². The molecule has 0 aromatic heterocycles. The molecule has 0 N–H and O–H groups in total. The van der Waals surface area contributed by atoms with Gasteiger partial charge in [0.05, 0.1) is 26.4 Å². The van der Waals surface area contributed by atoms with Crippen LogP contribution in [-0.2, 0) is 23.7 Å². The van der Waals surface area contributed by atoms with Crippen LogP contribution in [0.2, 0.25) is 0 Å². The van der Waals surface area contributed by atoms with Crippen molar-refractivity contribution in [3.63, 3.8) is 0 Å². The van der Waals surface area contributed by atoms with Crippen LogP contribution in [0.25, 0.3) is 0 Å². The molecule has 0 bridgehead atoms. The van der Waals surface area contributed by atoms with Crippen LogP contribution < -0.4 is 0 Å². The number of allylic oxidation sites excluding steroid dienone is 1. The van der Waals surface area contributed by atoms with Gasteiger partial charge in [0.25, 0.3) is 0 Å². The highest BCUT2D eigenvalue weighted by atomic mass is 16.7. The Kier molecular flexibility index (Phi) is 4.25. The minimum absolute atomic E-state index is 0.0212. The molecule has 166 valence electrons. The largest absolute Gasteiger partial charge is 0.348 e. The van der Waals surface area contributed by atoms with Crippen molar-refractivity contribution in [2.45, 2.75) is 77.3 Å². The van der Waals surface area contributed by atoms with E-state index in [-0.39, 0.29) is 16.7 Å². The van der Waals surface area contributed by atoms with Crippen LogP contribution in [0.4, 0.5) is 0 Å². The molecule has 5 nitrogen and oxygen atoms in total. The molecule has 5 fully saturated rings. The molecular weight excluding hydrogens is 380 g/mol. The SMILES string of the molecule is CC1([C@@H]2CC[C@@H]3[C@H]4CC=C5CC6(CC[C@]5(C)[C@@H]4C(=O)C[C@]32C)OCCO6)OCCO1. The molecule has 5 heteroatoms. The van der Waals surface area contributed by atoms with Crippen LogP contribution in [-0.4, -0.2) is 43.8 Å². The zero-order chi connectivity index (χ0) is 20.8. The number of fused-ring (bicyclic) bond motifs is 5. The molecule has 6 rings (SSSR count). The molecule has 0 amide bonds. The predicted molar refractivity (Wildman–Crippen MR) is 111 cm³/mol. The number of ketones is 1. The van der Waals surface area contributed by atoms with Crippen molar-refractivity contribution in [3.05, 3.63) is 11.6 Å². The smallest absolute Gasteiger partial charge is 0.172 e. The molecule has 6 atom stereocenters. The molecule has 0 aromatic carbocycles. The summed E-state index contributed by atoms with van der Waals surface area (Å²) in [6.45, 7) is 9.55. The highest BCUT2D eigenvalue weighted by molar-refractivity contribution is 5.85. The number of hydrogen-bond acceptors (Lipinski definition) is 5. The molecule has 3 saturated carbocycles. The number of hydrogen-bond donors (Lipinski definition) is 0. The summed E-state index contributed by atoms with van der Waals surface area (Å²) in [5.41, 5.74) is 1.36. The van der Waals surface area contributed by atoms with E-state index in [1.54, 1.807) is 0 Å². The van der Waals surface area contributed by atoms with Crippen molar-refractivity contribution >= 4 is 5.78 Å². The van der Waals surface area contributed by atoms with Crippen LogP contribution in [0.15, 0.2) is 11.6 Å². The third-order valence-corrected chi connectivity index (χ3v) is 10.1. The zero-order valence-corrected chi connectivity index (χ0v) is 18.7. The van der Waals surface area contributed by atoms with E-state index in [9.17, 15) is 4.79 Å². The fourth-order valence-electron chi connectivity index (χ4n) is 8.77. The van der Waals surface area contributed by atoms with Gasteiger partial charge in [-0.25, -0.2) is 0 Å². The first-order chi connectivity index (χ1) is 14.3. The lowest BCUT2D eigenvalue weighted by molar-refractivity contribution is -0.215. The molecule has 6 aliphatic rings. The van der Waals surface area contributed by atoms with Crippen molar-refractivity contribution in [2.24, 2.45) is 34.5 Å². The molecule has 1 spiro atoms. The van der Waals surface area contributed by atoms with Crippen molar-refractivity contribution in [1.82, 2.24) is 0 Å². The standard InChI is InChI=1S/C25H36O5/c1-22-8-9-25(29-12-13-30-25)14-16(22)4-5-17-18-6-7-20(24(3)27-10-11-28-24)23(18,2)15-19(26)21(17)22/h4,17-18,20-21H,5-15H2,1-3H3/t17-,18-,20-,21+,22+,23-/m1/s1. The lowest BCUT2D eigenvalue weighted by Crippen LogP contribution is -2.57. The maximum atomic E-state index is 13.8. The Hall–Kier alpha value is -0.750. The zero-order valence-electron chi connectivity index (χ0n) is 18.7. The minimum Gasteiger partial charge on any atom is -0.348 e. The summed E-state index contributed by atoms with van der Waals surface area (Å²) < 4.78 is 24.3. The van der Waals surface area contributed by atoms with E-state index in [1.807, 2.05) is 0 Å². The van der Waals surface area contributed by atoms with E-state index in [0.717, 1.165) is 32.1 Å². The Bertz CT molecular complexity index is 776. The van der Waals surface area contributed by atoms with E-state index in [2.05, 4.69) is 26.8 Å². The summed E-state index contributed by atoms with van der Waals surface area (Å²) in [7, 11) is 0. The van der Waals surface area contributed by atoms with Gasteiger partial charge < -0.3 is 18.9 Å². The van der Waals surface area contributed by atoms with Crippen molar-refractivity contribution in [2.75, 3.05) is 26.4 Å². The Morgan fingerprint density at radius 3 is 2.33 bits per heavy atom. The number of ether oxygens (including phenoxy) is 4. The Balaban J connectivity index is 1.33.